The van der Waals surface area contributed by atoms with Gasteiger partial charge < -0.3 is 9.69 Å². The number of Topliss-reactive ketones (excluding diaryl/α,β-unsaturated/α-hetero) is 1. The molecule has 22 heavy (non-hydrogen) atoms. The fourth-order valence-corrected chi connectivity index (χ4v) is 4.25. The highest BCUT2D eigenvalue weighted by Crippen LogP contribution is 2.33. The minimum Gasteiger partial charge on any atom is -0.375 e. The van der Waals surface area contributed by atoms with Crippen LogP contribution in [0.15, 0.2) is 24.4 Å². The van der Waals surface area contributed by atoms with Crippen LogP contribution in [0.25, 0.3) is 0 Å². The number of carbonyl (C=O) groups excluding carboxylic acids is 1. The second-order valence-electron chi connectivity index (χ2n) is 7.23. The van der Waals surface area contributed by atoms with Crippen LogP contribution in [-0.4, -0.2) is 23.8 Å². The summed E-state index contributed by atoms with van der Waals surface area (Å²) in [7, 11) is 0. The van der Waals surface area contributed by atoms with E-state index in [9.17, 15) is 4.79 Å². The predicted octanol–water partition coefficient (Wildman–Crippen LogP) is 4.96. The minimum atomic E-state index is 0.353. The topological polar surface area (TPSA) is 20.3 Å². The fraction of sp³-hybridized carbons (Fsp3) is 0.750. The second-order valence-corrected chi connectivity index (χ2v) is 7.23. The van der Waals surface area contributed by atoms with Crippen molar-refractivity contribution in [3.05, 3.63) is 24.4 Å². The van der Waals surface area contributed by atoms with Gasteiger partial charge in [-0.15, -0.1) is 0 Å². The van der Waals surface area contributed by atoms with Gasteiger partial charge in [0.2, 0.25) is 0 Å². The molecular weight excluding hydrogens is 270 g/mol. The normalized spacial score (nSPS) is 27.3. The minimum absolute atomic E-state index is 0.353. The van der Waals surface area contributed by atoms with Crippen LogP contribution in [0.2, 0.25) is 0 Å². The molecule has 0 aromatic carbocycles. The summed E-state index contributed by atoms with van der Waals surface area (Å²) in [5, 5.41) is 0. The summed E-state index contributed by atoms with van der Waals surface area (Å²) in [6.07, 6.45) is 13.9. The first-order valence-electron chi connectivity index (χ1n) is 9.20. The van der Waals surface area contributed by atoms with E-state index in [4.69, 9.17) is 0 Å². The SMILES string of the molecule is C=C(C1CC=CCC1)N1CCCC(C(CC)CC(C)=O)CC1. The van der Waals surface area contributed by atoms with Gasteiger partial charge in [0.25, 0.3) is 0 Å². The summed E-state index contributed by atoms with van der Waals surface area (Å²) in [6.45, 7) is 10.7. The van der Waals surface area contributed by atoms with Gasteiger partial charge in [-0.1, -0.05) is 32.1 Å². The number of allylic oxidation sites excluding steroid dienone is 3. The van der Waals surface area contributed by atoms with Crippen molar-refractivity contribution < 1.29 is 4.79 Å². The molecule has 0 saturated carbocycles. The van der Waals surface area contributed by atoms with Gasteiger partial charge in [0.15, 0.2) is 0 Å². The van der Waals surface area contributed by atoms with Gasteiger partial charge in [0, 0.05) is 31.1 Å². The Morgan fingerprint density at radius 2 is 2.09 bits per heavy atom. The van der Waals surface area contributed by atoms with Crippen molar-refractivity contribution in [2.24, 2.45) is 17.8 Å². The number of carbonyl (C=O) groups is 1. The lowest BCUT2D eigenvalue weighted by atomic mass is 9.81. The Kier molecular flexibility index (Phi) is 6.72. The summed E-state index contributed by atoms with van der Waals surface area (Å²) in [6, 6.07) is 0. The lowest BCUT2D eigenvalue weighted by Gasteiger charge is -2.32. The van der Waals surface area contributed by atoms with Gasteiger partial charge in [-0.3, -0.25) is 0 Å². The molecule has 1 heterocycles. The predicted molar refractivity (Wildman–Crippen MR) is 93.6 cm³/mol. The molecule has 1 fully saturated rings. The molecule has 0 aromatic rings. The Morgan fingerprint density at radius 1 is 1.27 bits per heavy atom. The van der Waals surface area contributed by atoms with Crippen LogP contribution in [0, 0.1) is 17.8 Å². The molecule has 0 amide bonds. The maximum Gasteiger partial charge on any atom is 0.130 e. The molecule has 2 rings (SSSR count). The van der Waals surface area contributed by atoms with Crippen molar-refractivity contribution in [3.63, 3.8) is 0 Å². The van der Waals surface area contributed by atoms with Gasteiger partial charge in [-0.2, -0.15) is 0 Å². The monoisotopic (exact) mass is 303 g/mol. The molecule has 2 nitrogen and oxygen atoms in total. The number of likely N-dealkylation sites (tertiary alicyclic amines) is 1. The van der Waals surface area contributed by atoms with Gasteiger partial charge in [0.05, 0.1) is 0 Å². The molecule has 1 aliphatic carbocycles. The van der Waals surface area contributed by atoms with Crippen LogP contribution in [0.1, 0.15) is 65.2 Å². The van der Waals surface area contributed by atoms with Crippen molar-refractivity contribution in [2.45, 2.75) is 65.2 Å². The highest BCUT2D eigenvalue weighted by molar-refractivity contribution is 5.75. The van der Waals surface area contributed by atoms with Crippen LogP contribution >= 0.6 is 0 Å². The molecule has 124 valence electrons. The smallest absolute Gasteiger partial charge is 0.130 e. The molecule has 1 saturated heterocycles. The van der Waals surface area contributed by atoms with Crippen molar-refractivity contribution in [1.29, 1.82) is 0 Å². The molecule has 2 heteroatoms. The Morgan fingerprint density at radius 3 is 2.73 bits per heavy atom. The number of rotatable bonds is 6. The average Bonchev–Trinajstić information content (AvgIpc) is 2.78. The summed E-state index contributed by atoms with van der Waals surface area (Å²) in [4.78, 5) is 14.0. The standard InChI is InChI=1S/C20H33NO/c1-4-18(15-16(2)22)20-11-8-13-21(14-12-20)17(3)19-9-6-5-7-10-19/h5-6,18-20H,3-4,7-15H2,1-2H3. The van der Waals surface area contributed by atoms with E-state index >= 15 is 0 Å². The first-order valence-corrected chi connectivity index (χ1v) is 9.20. The number of hydrogen-bond acceptors (Lipinski definition) is 2. The largest absolute Gasteiger partial charge is 0.375 e. The number of nitrogens with zero attached hydrogens (tertiary/aromatic N) is 1. The van der Waals surface area contributed by atoms with Gasteiger partial charge in [0.1, 0.15) is 5.78 Å². The molecule has 0 spiro atoms. The molecule has 0 aromatic heterocycles. The third-order valence-corrected chi connectivity index (χ3v) is 5.66. The van der Waals surface area contributed by atoms with Crippen molar-refractivity contribution >= 4 is 5.78 Å². The van der Waals surface area contributed by atoms with E-state index in [1.165, 1.54) is 44.2 Å². The van der Waals surface area contributed by atoms with E-state index in [1.54, 1.807) is 6.92 Å². The molecule has 1 aliphatic heterocycles. The summed E-state index contributed by atoms with van der Waals surface area (Å²) < 4.78 is 0. The summed E-state index contributed by atoms with van der Waals surface area (Å²) in [5.41, 5.74) is 1.37. The molecule has 3 atom stereocenters. The van der Waals surface area contributed by atoms with E-state index in [0.717, 1.165) is 31.8 Å². The highest BCUT2D eigenvalue weighted by atomic mass is 16.1. The van der Waals surface area contributed by atoms with E-state index in [0.29, 0.717) is 17.6 Å². The Hall–Kier alpha value is -1.05. The lowest BCUT2D eigenvalue weighted by molar-refractivity contribution is -0.118. The molecular formula is C20H33NO. The van der Waals surface area contributed by atoms with Crippen molar-refractivity contribution in [2.75, 3.05) is 13.1 Å². The van der Waals surface area contributed by atoms with Crippen LogP contribution in [0.3, 0.4) is 0 Å². The van der Waals surface area contributed by atoms with Crippen LogP contribution in [0.5, 0.6) is 0 Å². The number of ketones is 1. The Bertz CT molecular complexity index is 412. The molecule has 0 N–H and O–H groups in total. The third kappa shape index (κ3) is 4.72. The van der Waals surface area contributed by atoms with E-state index in [-0.39, 0.29) is 0 Å². The summed E-state index contributed by atoms with van der Waals surface area (Å²) >= 11 is 0. The molecule has 0 bridgehead atoms. The first kappa shape index (κ1) is 17.3. The van der Waals surface area contributed by atoms with Gasteiger partial charge in [-0.25, -0.2) is 0 Å². The number of hydrogen-bond donors (Lipinski definition) is 0. The van der Waals surface area contributed by atoms with Gasteiger partial charge >= 0.3 is 0 Å². The Labute approximate surface area is 136 Å². The maximum atomic E-state index is 11.5. The lowest BCUT2D eigenvalue weighted by Crippen LogP contribution is -2.28. The van der Waals surface area contributed by atoms with Crippen LogP contribution < -0.4 is 0 Å². The van der Waals surface area contributed by atoms with Crippen LogP contribution in [-0.2, 0) is 4.79 Å². The van der Waals surface area contributed by atoms with E-state index in [1.807, 2.05) is 0 Å². The third-order valence-electron chi connectivity index (χ3n) is 5.66. The molecule has 3 unspecified atom stereocenters. The maximum absolute atomic E-state index is 11.5. The zero-order valence-corrected chi connectivity index (χ0v) is 14.5. The highest BCUT2D eigenvalue weighted by Gasteiger charge is 2.26. The average molecular weight is 303 g/mol. The molecule has 0 radical (unpaired) electrons. The molecule has 2 aliphatic rings. The zero-order valence-electron chi connectivity index (χ0n) is 14.5. The second kappa shape index (κ2) is 8.55. The quantitative estimate of drug-likeness (QED) is 0.646. The van der Waals surface area contributed by atoms with Crippen molar-refractivity contribution in [3.8, 4) is 0 Å². The summed E-state index contributed by atoms with van der Waals surface area (Å²) in [5.74, 6) is 2.31. The fourth-order valence-electron chi connectivity index (χ4n) is 4.25. The van der Waals surface area contributed by atoms with Crippen LogP contribution in [0.4, 0.5) is 0 Å². The Balaban J connectivity index is 1.89. The zero-order chi connectivity index (χ0) is 15.9. The van der Waals surface area contributed by atoms with E-state index < -0.39 is 0 Å². The van der Waals surface area contributed by atoms with Crippen molar-refractivity contribution in [1.82, 2.24) is 4.90 Å². The van der Waals surface area contributed by atoms with E-state index in [2.05, 4.69) is 30.6 Å². The first-order chi connectivity index (χ1) is 10.6. The van der Waals surface area contributed by atoms with Gasteiger partial charge in [-0.05, 0) is 57.3 Å².